The smallest absolute Gasteiger partial charge is 0.308 e. The van der Waals surface area contributed by atoms with Gasteiger partial charge in [0.1, 0.15) is 36.3 Å². The fraction of sp³-hybridized carbons (Fsp3) is 0.851. The summed E-state index contributed by atoms with van der Waals surface area (Å²) in [6, 6.07) is 4.89. The molecule has 7 rings (SSSR count). The molecule has 0 aromatic carbocycles. The van der Waals surface area contributed by atoms with E-state index in [1.807, 2.05) is 32.9 Å². The van der Waals surface area contributed by atoms with Crippen molar-refractivity contribution in [3.8, 4) is 0 Å². The first-order valence-electron chi connectivity index (χ1n) is 46.2. The van der Waals surface area contributed by atoms with Crippen molar-refractivity contribution in [3.63, 3.8) is 0 Å². The van der Waals surface area contributed by atoms with Crippen molar-refractivity contribution < 1.29 is 98.5 Å². The predicted octanol–water partition coefficient (Wildman–Crippen LogP) is 21.1. The molecule has 6 saturated heterocycles. The second-order valence-electron chi connectivity index (χ2n) is 42.1. The number of carbonyl (C=O) groups excluding carboxylic acids is 4. The number of allylic oxidation sites excluding steroid dienone is 3. The summed E-state index contributed by atoms with van der Waals surface area (Å²) in [5.41, 5.74) is 0.564. The van der Waals surface area contributed by atoms with E-state index in [-0.39, 0.29) is 103 Å². The highest BCUT2D eigenvalue weighted by molar-refractivity contribution is 6.75. The van der Waals surface area contributed by atoms with Gasteiger partial charge in [-0.05, 0) is 136 Å². The predicted molar refractivity (Wildman–Crippen MR) is 488 cm³/mol. The minimum Gasteiger partial charge on any atom is -0.462 e. The molecule has 690 valence electrons. The monoisotopic (exact) mass is 1770 g/mol. The zero-order valence-corrected chi connectivity index (χ0v) is 85.4. The van der Waals surface area contributed by atoms with Gasteiger partial charge in [0.25, 0.3) is 0 Å². The van der Waals surface area contributed by atoms with E-state index in [1.165, 1.54) is 13.8 Å². The Labute approximate surface area is 731 Å². The minimum atomic E-state index is -2.76. The molecule has 2 spiro atoms. The quantitative estimate of drug-likeness (QED) is 0.0278. The molecule has 21 nitrogen and oxygen atoms in total. The molecule has 120 heavy (non-hydrogen) atoms. The van der Waals surface area contributed by atoms with Gasteiger partial charge in [-0.3, -0.25) is 19.2 Å². The highest BCUT2D eigenvalue weighted by Gasteiger charge is 2.63. The van der Waals surface area contributed by atoms with E-state index in [1.54, 1.807) is 20.3 Å². The molecule has 1 N–H and O–H groups in total. The lowest BCUT2D eigenvalue weighted by atomic mass is 9.78. The van der Waals surface area contributed by atoms with Crippen LogP contribution >= 0.6 is 0 Å². The van der Waals surface area contributed by atoms with Crippen molar-refractivity contribution in [2.45, 2.75) is 473 Å². The molecule has 7 aliphatic rings. The van der Waals surface area contributed by atoms with Crippen molar-refractivity contribution in [3.05, 3.63) is 61.3 Å². The zero-order chi connectivity index (χ0) is 90.1. The Morgan fingerprint density at radius 2 is 1.21 bits per heavy atom. The van der Waals surface area contributed by atoms with Gasteiger partial charge in [-0.1, -0.05) is 193 Å². The lowest BCUT2D eigenvalue weighted by Crippen LogP contribution is -2.69. The van der Waals surface area contributed by atoms with Gasteiger partial charge in [-0.25, -0.2) is 0 Å². The first kappa shape index (κ1) is 104. The van der Waals surface area contributed by atoms with E-state index in [2.05, 4.69) is 176 Å². The third kappa shape index (κ3) is 26.3. The second-order valence-corrected chi connectivity index (χ2v) is 65.8. The number of methoxy groups -OCH3 is 2. The van der Waals surface area contributed by atoms with Crippen LogP contribution in [0, 0.1) is 23.7 Å². The van der Waals surface area contributed by atoms with E-state index in [9.17, 15) is 14.7 Å². The van der Waals surface area contributed by atoms with Crippen LogP contribution in [-0.2, 0) is 93.4 Å². The van der Waals surface area contributed by atoms with Crippen molar-refractivity contribution >= 4 is 65.3 Å². The third-order valence-corrected chi connectivity index (χ3v) is 52.9. The van der Waals surface area contributed by atoms with Crippen LogP contribution in [0.3, 0.4) is 0 Å². The van der Waals surface area contributed by atoms with Crippen molar-refractivity contribution in [1.82, 2.24) is 0 Å². The van der Waals surface area contributed by atoms with Crippen molar-refractivity contribution in [2.24, 2.45) is 23.7 Å². The SMILES string of the molecule is C=C/C=C/[C@H](CC(=C)C[C@H]1O[C@@H]2[C@H](C)[C@@H](OC(=O)C[C@H]3C[C@H](OC(C)=O)C[C@@]4(C[C@@](C)(O[Si](CC)(CC)CC)C[C@H](CC(=C)[C@@H](C)[C@H](OC(C)=O)[C@H](C)C(=O)C[C@@H]5C[C@H](OC)C[C@@]6(C[C@@H](O[Si](C)(C)C(C)(C)C)C[C@H](/C=C\CCC[C@H]7O[C@](OC)(C[C@H](O[Si](C)(C)C(C)(C)C)[C@H]7C)[C@H]2O[Si](CC)(CC)CC)O6)O5)O4)O3)[C@@H]1O)O[Si](C)(C)C(C)(C)C. The van der Waals surface area contributed by atoms with E-state index < -0.39 is 173 Å². The Kier molecular flexibility index (Phi) is 36.7. The van der Waals surface area contributed by atoms with Crippen LogP contribution in [0.25, 0.3) is 0 Å². The fourth-order valence-electron chi connectivity index (χ4n) is 19.3. The number of hydrogen-bond donors (Lipinski definition) is 1. The molecule has 10 bridgehead atoms. The molecule has 26 heteroatoms. The van der Waals surface area contributed by atoms with Gasteiger partial charge >= 0.3 is 17.9 Å². The summed E-state index contributed by atoms with van der Waals surface area (Å²) in [5.74, 6) is -8.29. The van der Waals surface area contributed by atoms with Crippen LogP contribution in [0.1, 0.15) is 261 Å². The van der Waals surface area contributed by atoms with Gasteiger partial charge in [-0.2, -0.15) is 0 Å². The van der Waals surface area contributed by atoms with E-state index in [0.29, 0.717) is 63.4 Å². The topological polar surface area (TPSA) is 236 Å². The maximum Gasteiger partial charge on any atom is 0.308 e. The highest BCUT2D eigenvalue weighted by Crippen LogP contribution is 2.54. The number of Topliss-reactive ketones (excluding diaryl/α,β-unsaturated/α-hetero) is 1. The van der Waals surface area contributed by atoms with Gasteiger partial charge in [0, 0.05) is 110 Å². The Hall–Kier alpha value is -2.70. The minimum absolute atomic E-state index is 0.00231. The normalized spacial score (nSPS) is 36.2. The number of aliphatic hydroxyl groups is 1. The summed E-state index contributed by atoms with van der Waals surface area (Å²) in [6.07, 6.45) is 4.07. The molecule has 0 radical (unpaired) electrons. The first-order chi connectivity index (χ1) is 55.6. The standard InChI is InChI=1S/C94H168O21Si5/c1-34-41-45-71(111-116(28,29)88(16,17)18)48-62(8)49-80-83(99)85-67(13)86(104-80)87(114-119(35-2,36-3)37-4)94(101-27)60-81(113-118(32,33)90(22,23)24)66(12)79(110-94)47-44-42-43-46-70-51-77(112-117(30,31)89(19,20)21)59-92(106-70)57-74(100-26)52-72(107-92)54-78(97)65(11)84(103-69(15)96)64(10)63(9)50-76-56-91(25,115-120(38-5,39-6)40-7)61-93(109-76)58-75(102-68(14)95)53-73(108-93)55-82(98)105-85/h34,41,43,45-46,64-67,70-77,79-81,83-87,99H,1,8-9,35-40,42,44,47-61H2,2-7,10-33H3/b45-41+,46-43-/t64-,65-,66+,67-,70+,71-,72+,73-,74+,75+,76+,77+,79-,80-,81+,83-,84+,85-,86-,87+,91+,92+,93-,94-/m1/s1. The summed E-state index contributed by atoms with van der Waals surface area (Å²) in [7, 11) is -9.08. The van der Waals surface area contributed by atoms with Crippen LogP contribution in [0.2, 0.25) is 90.7 Å². The summed E-state index contributed by atoms with van der Waals surface area (Å²) in [4.78, 5) is 58.0. The van der Waals surface area contributed by atoms with Crippen molar-refractivity contribution in [2.75, 3.05) is 14.2 Å². The molecular formula is C94H168O21Si5. The third-order valence-electron chi connectivity index (χ3n) is 30.0. The van der Waals surface area contributed by atoms with Gasteiger partial charge in [0.15, 0.2) is 58.9 Å². The zero-order valence-electron chi connectivity index (χ0n) is 80.4. The number of esters is 3. The molecule has 0 aliphatic carbocycles. The number of ether oxygens (including phenoxy) is 11. The highest BCUT2D eigenvalue weighted by atomic mass is 28.4. The number of ketones is 1. The van der Waals surface area contributed by atoms with E-state index in [0.717, 1.165) is 41.8 Å². The number of rotatable bonds is 26. The Bertz CT molecular complexity index is 3430. The molecule has 0 unspecified atom stereocenters. The maximum absolute atomic E-state index is 15.8. The van der Waals surface area contributed by atoms with Crippen molar-refractivity contribution in [1.29, 1.82) is 0 Å². The summed E-state index contributed by atoms with van der Waals surface area (Å²) < 4.78 is 116. The van der Waals surface area contributed by atoms with Crippen LogP contribution in [-0.4, -0.2) is 205 Å². The molecule has 0 aromatic rings. The summed E-state index contributed by atoms with van der Waals surface area (Å²) in [5, 5.41) is 13.0. The van der Waals surface area contributed by atoms with E-state index in [4.69, 9.17) is 87.4 Å². The molecule has 6 fully saturated rings. The Balaban J connectivity index is 1.45. The second kappa shape index (κ2) is 42.3. The Morgan fingerprint density at radius 3 is 1.77 bits per heavy atom. The first-order valence-corrected chi connectivity index (χ1v) is 59.9. The molecule has 0 aromatic heterocycles. The van der Waals surface area contributed by atoms with Crippen LogP contribution in [0.5, 0.6) is 0 Å². The largest absolute Gasteiger partial charge is 0.462 e. The van der Waals surface area contributed by atoms with Gasteiger partial charge in [0.05, 0.1) is 85.1 Å². The molecule has 24 atom stereocenters. The van der Waals surface area contributed by atoms with Crippen LogP contribution in [0.4, 0.5) is 0 Å². The van der Waals surface area contributed by atoms with E-state index >= 15 is 9.59 Å². The Morgan fingerprint density at radius 1 is 0.650 bits per heavy atom. The van der Waals surface area contributed by atoms with Gasteiger partial charge in [0.2, 0.25) is 0 Å². The molecule has 7 aliphatic heterocycles. The molecule has 0 amide bonds. The van der Waals surface area contributed by atoms with Crippen LogP contribution in [0.15, 0.2) is 61.3 Å². The molecule has 7 heterocycles. The lowest BCUT2D eigenvalue weighted by molar-refractivity contribution is -0.354. The number of aliphatic hydroxyl groups excluding tert-OH is 1. The number of fused-ring (bicyclic) bond motifs is 8. The average Bonchev–Trinajstić information content (AvgIpc) is 0.724. The molecular weight excluding hydrogens is 1610 g/mol. The number of hydrogen-bond acceptors (Lipinski definition) is 21. The summed E-state index contributed by atoms with van der Waals surface area (Å²) in [6.45, 7) is 73.3. The summed E-state index contributed by atoms with van der Waals surface area (Å²) >= 11 is 0. The molecule has 0 saturated carbocycles. The lowest BCUT2D eigenvalue weighted by Gasteiger charge is -2.56. The van der Waals surface area contributed by atoms with Gasteiger partial charge in [-0.15, -0.1) is 0 Å². The van der Waals surface area contributed by atoms with Crippen LogP contribution < -0.4 is 0 Å². The fourth-order valence-corrected chi connectivity index (χ4v) is 29.3. The number of carbonyl (C=O) groups is 4. The van der Waals surface area contributed by atoms with Gasteiger partial charge < -0.3 is 79.3 Å². The average molecular weight is 1770 g/mol. The maximum atomic E-state index is 15.8.